The zero-order valence-corrected chi connectivity index (χ0v) is 14.8. The lowest BCUT2D eigenvalue weighted by atomic mass is 10.2. The van der Waals surface area contributed by atoms with Gasteiger partial charge in [0.2, 0.25) is 0 Å². The molecule has 2 N–H and O–H groups in total. The third kappa shape index (κ3) is 4.12. The van der Waals surface area contributed by atoms with Gasteiger partial charge < -0.3 is 10.6 Å². The second-order valence-corrected chi connectivity index (χ2v) is 6.09. The van der Waals surface area contributed by atoms with Gasteiger partial charge in [-0.25, -0.2) is 4.98 Å². The summed E-state index contributed by atoms with van der Waals surface area (Å²) in [5, 5.41) is 15.6. The highest BCUT2D eigenvalue weighted by atomic mass is 35.5. The number of pyridine rings is 1. The SMILES string of the molecule is N#Cc1cccc(NC(=O)c2ccc(Nc3cccc(Cl)c3Cl)cn2)c1. The van der Waals surface area contributed by atoms with E-state index in [1.54, 1.807) is 54.6 Å². The van der Waals surface area contributed by atoms with Gasteiger partial charge in [0.1, 0.15) is 5.69 Å². The Hall–Kier alpha value is -3.07. The smallest absolute Gasteiger partial charge is 0.274 e. The van der Waals surface area contributed by atoms with Gasteiger partial charge in [0.15, 0.2) is 0 Å². The summed E-state index contributed by atoms with van der Waals surface area (Å²) in [6.07, 6.45) is 1.53. The molecule has 0 saturated heterocycles. The highest BCUT2D eigenvalue weighted by molar-refractivity contribution is 6.43. The normalized spacial score (nSPS) is 10.0. The maximum Gasteiger partial charge on any atom is 0.274 e. The quantitative estimate of drug-likeness (QED) is 0.645. The van der Waals surface area contributed by atoms with Crippen LogP contribution < -0.4 is 10.6 Å². The van der Waals surface area contributed by atoms with Crippen molar-refractivity contribution in [3.05, 3.63) is 82.1 Å². The Balaban J connectivity index is 1.71. The Morgan fingerprint density at radius 2 is 1.85 bits per heavy atom. The third-order valence-electron chi connectivity index (χ3n) is 3.48. The summed E-state index contributed by atoms with van der Waals surface area (Å²) in [4.78, 5) is 16.4. The predicted molar refractivity (Wildman–Crippen MR) is 103 cm³/mol. The van der Waals surface area contributed by atoms with Gasteiger partial charge >= 0.3 is 0 Å². The van der Waals surface area contributed by atoms with Crippen LogP contribution in [0.5, 0.6) is 0 Å². The third-order valence-corrected chi connectivity index (χ3v) is 4.30. The van der Waals surface area contributed by atoms with Crippen molar-refractivity contribution < 1.29 is 4.79 Å². The Morgan fingerprint density at radius 3 is 2.58 bits per heavy atom. The number of anilines is 3. The molecule has 0 bridgehead atoms. The maximum atomic E-state index is 12.3. The maximum absolute atomic E-state index is 12.3. The van der Waals surface area contributed by atoms with E-state index in [9.17, 15) is 4.79 Å². The van der Waals surface area contributed by atoms with Crippen molar-refractivity contribution >= 4 is 46.2 Å². The van der Waals surface area contributed by atoms with E-state index in [2.05, 4.69) is 15.6 Å². The van der Waals surface area contributed by atoms with E-state index in [1.165, 1.54) is 6.20 Å². The molecule has 0 fully saturated rings. The number of carbonyl (C=O) groups is 1. The molecule has 0 aliphatic carbocycles. The van der Waals surface area contributed by atoms with Crippen molar-refractivity contribution in [3.63, 3.8) is 0 Å². The summed E-state index contributed by atoms with van der Waals surface area (Å²) in [7, 11) is 0. The fraction of sp³-hybridized carbons (Fsp3) is 0. The lowest BCUT2D eigenvalue weighted by molar-refractivity contribution is 0.102. The van der Waals surface area contributed by atoms with Crippen LogP contribution in [0.2, 0.25) is 10.0 Å². The van der Waals surface area contributed by atoms with Gasteiger partial charge in [-0.2, -0.15) is 5.26 Å². The zero-order chi connectivity index (χ0) is 18.5. The van der Waals surface area contributed by atoms with Crippen LogP contribution in [0.25, 0.3) is 0 Å². The number of hydrogen-bond donors (Lipinski definition) is 2. The van der Waals surface area contributed by atoms with Crippen LogP contribution in [-0.4, -0.2) is 10.9 Å². The van der Waals surface area contributed by atoms with E-state index in [1.807, 2.05) is 6.07 Å². The van der Waals surface area contributed by atoms with Crippen molar-refractivity contribution in [3.8, 4) is 6.07 Å². The molecule has 0 spiro atoms. The first-order valence-corrected chi connectivity index (χ1v) is 8.31. The number of halogens is 2. The largest absolute Gasteiger partial charge is 0.353 e. The van der Waals surface area contributed by atoms with Crippen LogP contribution in [0.4, 0.5) is 17.1 Å². The van der Waals surface area contributed by atoms with Crippen LogP contribution in [0.1, 0.15) is 16.1 Å². The Kier molecular flexibility index (Phi) is 5.37. The van der Waals surface area contributed by atoms with Gasteiger partial charge in [0.25, 0.3) is 5.91 Å². The van der Waals surface area contributed by atoms with Gasteiger partial charge in [-0.1, -0.05) is 35.3 Å². The van der Waals surface area contributed by atoms with E-state index >= 15 is 0 Å². The molecular weight excluding hydrogens is 371 g/mol. The van der Waals surface area contributed by atoms with Gasteiger partial charge in [-0.3, -0.25) is 4.79 Å². The first-order valence-electron chi connectivity index (χ1n) is 7.55. The molecule has 0 radical (unpaired) electrons. The highest BCUT2D eigenvalue weighted by Crippen LogP contribution is 2.31. The number of benzene rings is 2. The first-order chi connectivity index (χ1) is 12.6. The highest BCUT2D eigenvalue weighted by Gasteiger charge is 2.09. The molecule has 3 aromatic rings. The lowest BCUT2D eigenvalue weighted by Crippen LogP contribution is -2.13. The van der Waals surface area contributed by atoms with Crippen molar-refractivity contribution in [1.29, 1.82) is 5.26 Å². The Morgan fingerprint density at radius 1 is 1.04 bits per heavy atom. The Bertz CT molecular complexity index is 997. The van der Waals surface area contributed by atoms with Crippen LogP contribution in [0.15, 0.2) is 60.8 Å². The molecule has 0 aliphatic rings. The van der Waals surface area contributed by atoms with Gasteiger partial charge in [-0.05, 0) is 42.5 Å². The number of rotatable bonds is 4. The summed E-state index contributed by atoms with van der Waals surface area (Å²) in [5.41, 5.74) is 2.55. The van der Waals surface area contributed by atoms with Crippen molar-refractivity contribution in [1.82, 2.24) is 4.98 Å². The molecule has 0 saturated carbocycles. The lowest BCUT2D eigenvalue weighted by Gasteiger charge is -2.10. The summed E-state index contributed by atoms with van der Waals surface area (Å²) >= 11 is 12.1. The topological polar surface area (TPSA) is 77.8 Å². The van der Waals surface area contributed by atoms with Gasteiger partial charge in [0, 0.05) is 5.69 Å². The van der Waals surface area contributed by atoms with Crippen molar-refractivity contribution in [2.45, 2.75) is 0 Å². The molecule has 26 heavy (non-hydrogen) atoms. The van der Waals surface area contributed by atoms with Crippen LogP contribution in [-0.2, 0) is 0 Å². The molecule has 0 unspecified atom stereocenters. The van der Waals surface area contributed by atoms with Gasteiger partial charge in [-0.15, -0.1) is 0 Å². The number of nitrogens with zero attached hydrogens (tertiary/aromatic N) is 2. The first kappa shape index (κ1) is 17.7. The number of aromatic nitrogens is 1. The summed E-state index contributed by atoms with van der Waals surface area (Å²) < 4.78 is 0. The number of hydrogen-bond acceptors (Lipinski definition) is 4. The summed E-state index contributed by atoms with van der Waals surface area (Å²) in [5.74, 6) is -0.368. The zero-order valence-electron chi connectivity index (χ0n) is 13.3. The van der Waals surface area contributed by atoms with E-state index in [-0.39, 0.29) is 11.6 Å². The minimum absolute atomic E-state index is 0.245. The van der Waals surface area contributed by atoms with Crippen molar-refractivity contribution in [2.24, 2.45) is 0 Å². The molecule has 1 heterocycles. The van der Waals surface area contributed by atoms with Crippen LogP contribution in [0, 0.1) is 11.3 Å². The van der Waals surface area contributed by atoms with Gasteiger partial charge in [0.05, 0.1) is 39.2 Å². The molecule has 1 aromatic heterocycles. The molecule has 7 heteroatoms. The fourth-order valence-corrected chi connectivity index (χ4v) is 2.57. The fourth-order valence-electron chi connectivity index (χ4n) is 2.22. The molecular formula is C19H12Cl2N4O. The molecule has 2 aromatic carbocycles. The molecule has 128 valence electrons. The summed E-state index contributed by atoms with van der Waals surface area (Å²) in [6, 6.07) is 17.2. The minimum atomic E-state index is -0.368. The van der Waals surface area contributed by atoms with E-state index in [4.69, 9.17) is 28.5 Å². The minimum Gasteiger partial charge on any atom is -0.353 e. The second kappa shape index (κ2) is 7.87. The molecule has 3 rings (SSSR count). The van der Waals surface area contributed by atoms with E-state index in [0.717, 1.165) is 0 Å². The monoisotopic (exact) mass is 382 g/mol. The van der Waals surface area contributed by atoms with Crippen molar-refractivity contribution in [2.75, 3.05) is 10.6 Å². The van der Waals surface area contributed by atoms with Crippen LogP contribution in [0.3, 0.4) is 0 Å². The van der Waals surface area contributed by atoms with Crippen LogP contribution >= 0.6 is 23.2 Å². The molecule has 0 aliphatic heterocycles. The average Bonchev–Trinajstić information content (AvgIpc) is 2.66. The predicted octanol–water partition coefficient (Wildman–Crippen LogP) is 5.26. The number of nitriles is 1. The Labute approximate surface area is 160 Å². The molecule has 1 amide bonds. The number of nitrogens with one attached hydrogen (secondary N) is 2. The standard InChI is InChI=1S/C19H12Cl2N4O/c20-15-5-2-6-16(18(15)21)24-14-7-8-17(23-11-14)19(26)25-13-4-1-3-12(9-13)10-22/h1-9,11,24H,(H,25,26). The number of amides is 1. The second-order valence-electron chi connectivity index (χ2n) is 5.31. The van der Waals surface area contributed by atoms with E-state index < -0.39 is 0 Å². The number of carbonyl (C=O) groups excluding carboxylic acids is 1. The molecule has 0 atom stereocenters. The molecule has 5 nitrogen and oxygen atoms in total. The average molecular weight is 383 g/mol. The van der Waals surface area contributed by atoms with E-state index in [0.29, 0.717) is 32.7 Å². The summed E-state index contributed by atoms with van der Waals surface area (Å²) in [6.45, 7) is 0.